The molecule has 0 radical (unpaired) electrons. The van der Waals surface area contributed by atoms with Crippen molar-refractivity contribution in [1.29, 1.82) is 0 Å². The lowest BCUT2D eigenvalue weighted by molar-refractivity contribution is 0.0869. The second-order valence-electron chi connectivity index (χ2n) is 6.67. The largest absolute Gasteiger partial charge is 0.393 e. The monoisotopic (exact) mass is 328 g/mol. The number of rotatable bonds is 4. The molecule has 0 aliphatic heterocycles. The van der Waals surface area contributed by atoms with Gasteiger partial charge in [0.1, 0.15) is 0 Å². The van der Waals surface area contributed by atoms with E-state index in [0.29, 0.717) is 18.2 Å². The van der Waals surface area contributed by atoms with E-state index in [0.717, 1.165) is 37.1 Å². The maximum Gasteiger partial charge on any atom is 0.273 e. The SMILES string of the molecule is Cc1ccc(-n2nnc(C(=O)NCC3CCCC(O)C3)c2C)cc1. The van der Waals surface area contributed by atoms with Gasteiger partial charge >= 0.3 is 0 Å². The first-order valence-corrected chi connectivity index (χ1v) is 8.50. The van der Waals surface area contributed by atoms with E-state index in [2.05, 4.69) is 15.6 Å². The summed E-state index contributed by atoms with van der Waals surface area (Å²) in [6.07, 6.45) is 3.46. The molecule has 1 aliphatic rings. The summed E-state index contributed by atoms with van der Waals surface area (Å²) in [5.41, 5.74) is 3.14. The van der Waals surface area contributed by atoms with Crippen LogP contribution in [-0.2, 0) is 0 Å². The lowest BCUT2D eigenvalue weighted by Gasteiger charge is -2.25. The van der Waals surface area contributed by atoms with Crippen LogP contribution < -0.4 is 5.32 Å². The van der Waals surface area contributed by atoms with Crippen molar-refractivity contribution in [3.63, 3.8) is 0 Å². The van der Waals surface area contributed by atoms with Crippen LogP contribution in [0.15, 0.2) is 24.3 Å². The molecular weight excluding hydrogens is 304 g/mol. The number of aryl methyl sites for hydroxylation is 1. The second-order valence-corrected chi connectivity index (χ2v) is 6.67. The number of amides is 1. The van der Waals surface area contributed by atoms with Crippen LogP contribution in [0.1, 0.15) is 47.4 Å². The topological polar surface area (TPSA) is 80.0 Å². The van der Waals surface area contributed by atoms with Crippen LogP contribution in [0.25, 0.3) is 5.69 Å². The van der Waals surface area contributed by atoms with Gasteiger partial charge in [-0.2, -0.15) is 0 Å². The Morgan fingerprint density at radius 2 is 2.04 bits per heavy atom. The van der Waals surface area contributed by atoms with Crippen LogP contribution in [0.2, 0.25) is 0 Å². The van der Waals surface area contributed by atoms with Crippen molar-refractivity contribution in [3.8, 4) is 5.69 Å². The Hall–Kier alpha value is -2.21. The summed E-state index contributed by atoms with van der Waals surface area (Å²) in [7, 11) is 0. The minimum absolute atomic E-state index is 0.203. The number of carbonyl (C=O) groups is 1. The van der Waals surface area contributed by atoms with Gasteiger partial charge in [0.25, 0.3) is 5.91 Å². The van der Waals surface area contributed by atoms with Gasteiger partial charge in [-0.05, 0) is 51.2 Å². The van der Waals surface area contributed by atoms with Gasteiger partial charge in [0, 0.05) is 6.54 Å². The highest BCUT2D eigenvalue weighted by molar-refractivity contribution is 5.93. The van der Waals surface area contributed by atoms with Crippen LogP contribution >= 0.6 is 0 Å². The van der Waals surface area contributed by atoms with Crippen LogP contribution in [0, 0.1) is 19.8 Å². The van der Waals surface area contributed by atoms with Crippen LogP contribution in [-0.4, -0.2) is 38.7 Å². The summed E-state index contributed by atoms with van der Waals surface area (Å²) in [6.45, 7) is 4.45. The van der Waals surface area contributed by atoms with E-state index in [9.17, 15) is 9.90 Å². The first-order chi connectivity index (χ1) is 11.5. The predicted molar refractivity (Wildman–Crippen MR) is 91.1 cm³/mol. The van der Waals surface area contributed by atoms with Crippen LogP contribution in [0.3, 0.4) is 0 Å². The van der Waals surface area contributed by atoms with Crippen molar-refractivity contribution in [2.75, 3.05) is 6.54 Å². The number of benzene rings is 1. The number of hydrogen-bond acceptors (Lipinski definition) is 4. The molecule has 1 heterocycles. The average Bonchev–Trinajstić information content (AvgIpc) is 2.95. The van der Waals surface area contributed by atoms with Gasteiger partial charge in [-0.15, -0.1) is 5.10 Å². The first kappa shape index (κ1) is 16.6. The molecule has 6 heteroatoms. The van der Waals surface area contributed by atoms with Crippen molar-refractivity contribution in [2.24, 2.45) is 5.92 Å². The van der Waals surface area contributed by atoms with E-state index in [1.165, 1.54) is 5.56 Å². The summed E-state index contributed by atoms with van der Waals surface area (Å²) in [5, 5.41) is 20.8. The van der Waals surface area contributed by atoms with Gasteiger partial charge in [-0.25, -0.2) is 4.68 Å². The molecular formula is C18H24N4O2. The standard InChI is InChI=1S/C18H24N4O2/c1-12-6-8-15(9-7-12)22-13(2)17(20-21-22)18(24)19-11-14-4-3-5-16(23)10-14/h6-9,14,16,23H,3-5,10-11H2,1-2H3,(H,19,24). The molecule has 2 aromatic rings. The third-order valence-electron chi connectivity index (χ3n) is 4.69. The molecule has 0 bridgehead atoms. The Morgan fingerprint density at radius 3 is 2.75 bits per heavy atom. The highest BCUT2D eigenvalue weighted by atomic mass is 16.3. The molecule has 0 spiro atoms. The Morgan fingerprint density at radius 1 is 1.29 bits per heavy atom. The fourth-order valence-corrected chi connectivity index (χ4v) is 3.24. The second kappa shape index (κ2) is 7.13. The van der Waals surface area contributed by atoms with E-state index in [-0.39, 0.29) is 12.0 Å². The normalized spacial score (nSPS) is 20.8. The molecule has 1 fully saturated rings. The van der Waals surface area contributed by atoms with Crippen molar-refractivity contribution in [1.82, 2.24) is 20.3 Å². The number of hydrogen-bond donors (Lipinski definition) is 2. The number of carbonyl (C=O) groups excluding carboxylic acids is 1. The van der Waals surface area contributed by atoms with Gasteiger partial charge in [0.2, 0.25) is 0 Å². The molecule has 6 nitrogen and oxygen atoms in total. The van der Waals surface area contributed by atoms with Crippen LogP contribution in [0.4, 0.5) is 0 Å². The summed E-state index contributed by atoms with van der Waals surface area (Å²) >= 11 is 0. The number of aliphatic hydroxyl groups is 1. The third kappa shape index (κ3) is 3.64. The maximum absolute atomic E-state index is 12.4. The fourth-order valence-electron chi connectivity index (χ4n) is 3.24. The Labute approximate surface area is 141 Å². The predicted octanol–water partition coefficient (Wildman–Crippen LogP) is 2.17. The highest BCUT2D eigenvalue weighted by Crippen LogP contribution is 2.23. The molecule has 1 aromatic carbocycles. The number of aliphatic hydroxyl groups excluding tert-OH is 1. The minimum Gasteiger partial charge on any atom is -0.393 e. The maximum atomic E-state index is 12.4. The Bertz CT molecular complexity index is 708. The fraction of sp³-hybridized carbons (Fsp3) is 0.500. The van der Waals surface area contributed by atoms with Crippen molar-refractivity contribution < 1.29 is 9.90 Å². The zero-order valence-electron chi connectivity index (χ0n) is 14.2. The Balaban J connectivity index is 1.66. The van der Waals surface area contributed by atoms with Gasteiger partial charge in [-0.3, -0.25) is 4.79 Å². The molecule has 1 amide bonds. The summed E-state index contributed by atoms with van der Waals surface area (Å²) in [4.78, 5) is 12.4. The summed E-state index contributed by atoms with van der Waals surface area (Å²) < 4.78 is 1.68. The molecule has 24 heavy (non-hydrogen) atoms. The molecule has 0 saturated heterocycles. The molecule has 2 atom stereocenters. The number of nitrogens with zero attached hydrogens (tertiary/aromatic N) is 3. The summed E-state index contributed by atoms with van der Waals surface area (Å²) in [5.74, 6) is 0.135. The van der Waals surface area contributed by atoms with E-state index < -0.39 is 0 Å². The number of aromatic nitrogens is 3. The molecule has 1 aromatic heterocycles. The average molecular weight is 328 g/mol. The quantitative estimate of drug-likeness (QED) is 0.901. The van der Waals surface area contributed by atoms with Gasteiger partial charge in [-0.1, -0.05) is 29.3 Å². The first-order valence-electron chi connectivity index (χ1n) is 8.50. The lowest BCUT2D eigenvalue weighted by atomic mass is 9.87. The molecule has 2 N–H and O–H groups in total. The summed E-state index contributed by atoms with van der Waals surface area (Å²) in [6, 6.07) is 7.93. The molecule has 2 unspecified atom stereocenters. The van der Waals surface area contributed by atoms with Crippen LogP contribution in [0.5, 0.6) is 0 Å². The van der Waals surface area contributed by atoms with Gasteiger partial charge in [0.15, 0.2) is 5.69 Å². The molecule has 128 valence electrons. The molecule has 1 aliphatic carbocycles. The van der Waals surface area contributed by atoms with E-state index in [1.54, 1.807) is 4.68 Å². The van der Waals surface area contributed by atoms with Gasteiger partial charge < -0.3 is 10.4 Å². The third-order valence-corrected chi connectivity index (χ3v) is 4.69. The van der Waals surface area contributed by atoms with Crippen molar-refractivity contribution >= 4 is 5.91 Å². The van der Waals surface area contributed by atoms with E-state index >= 15 is 0 Å². The molecule has 3 rings (SSSR count). The van der Waals surface area contributed by atoms with E-state index in [1.807, 2.05) is 38.1 Å². The van der Waals surface area contributed by atoms with Gasteiger partial charge in [0.05, 0.1) is 17.5 Å². The van der Waals surface area contributed by atoms with Crippen molar-refractivity contribution in [3.05, 3.63) is 41.2 Å². The smallest absolute Gasteiger partial charge is 0.273 e. The molecule has 1 saturated carbocycles. The minimum atomic E-state index is -0.232. The number of nitrogens with one attached hydrogen (secondary N) is 1. The van der Waals surface area contributed by atoms with E-state index in [4.69, 9.17) is 0 Å². The lowest BCUT2D eigenvalue weighted by Crippen LogP contribution is -2.33. The zero-order valence-corrected chi connectivity index (χ0v) is 14.2. The Kier molecular flexibility index (Phi) is 4.94. The highest BCUT2D eigenvalue weighted by Gasteiger charge is 2.22. The van der Waals surface area contributed by atoms with Crippen molar-refractivity contribution in [2.45, 2.75) is 45.6 Å². The zero-order chi connectivity index (χ0) is 17.1.